The summed E-state index contributed by atoms with van der Waals surface area (Å²) in [7, 11) is 0. The Labute approximate surface area is 161 Å². The summed E-state index contributed by atoms with van der Waals surface area (Å²) >= 11 is 0. The zero-order valence-electron chi connectivity index (χ0n) is 15.7. The van der Waals surface area contributed by atoms with Crippen molar-refractivity contribution in [1.29, 1.82) is 5.26 Å². The molecule has 1 aromatic carbocycles. The van der Waals surface area contributed by atoms with Gasteiger partial charge in [0, 0.05) is 18.4 Å². The number of benzene rings is 1. The van der Waals surface area contributed by atoms with Crippen molar-refractivity contribution in [3.8, 4) is 6.07 Å². The first kappa shape index (κ1) is 19.1. The van der Waals surface area contributed by atoms with E-state index in [1.165, 1.54) is 38.5 Å². The lowest BCUT2D eigenvalue weighted by Crippen LogP contribution is -2.21. The van der Waals surface area contributed by atoms with Crippen molar-refractivity contribution < 1.29 is 0 Å². The Morgan fingerprint density at radius 2 is 2.00 bits per heavy atom. The van der Waals surface area contributed by atoms with Crippen LogP contribution in [0.2, 0.25) is 0 Å². The van der Waals surface area contributed by atoms with Gasteiger partial charge in [-0.15, -0.1) is 0 Å². The van der Waals surface area contributed by atoms with Crippen LogP contribution in [-0.2, 0) is 0 Å². The van der Waals surface area contributed by atoms with Crippen LogP contribution in [0.4, 0.5) is 17.5 Å². The summed E-state index contributed by atoms with van der Waals surface area (Å²) in [6.07, 6.45) is 9.42. The maximum Gasteiger partial charge on any atom is 0.229 e. The van der Waals surface area contributed by atoms with Crippen LogP contribution < -0.4 is 16.0 Å². The van der Waals surface area contributed by atoms with Crippen LogP contribution in [0.3, 0.4) is 0 Å². The fraction of sp³-hybridized carbons (Fsp3) is 0.476. The second-order valence-corrected chi connectivity index (χ2v) is 7.07. The molecule has 0 amide bonds. The molecule has 2 heterocycles. The molecular formula is C21H28N6. The molecule has 0 aliphatic carbocycles. The molecule has 0 radical (unpaired) electrons. The largest absolute Gasteiger partial charge is 0.370 e. The van der Waals surface area contributed by atoms with E-state index in [1.807, 2.05) is 18.2 Å². The van der Waals surface area contributed by atoms with Gasteiger partial charge in [-0.3, -0.25) is 0 Å². The number of nitriles is 1. The number of hydrogen-bond donors (Lipinski definition) is 3. The maximum absolute atomic E-state index is 9.01. The summed E-state index contributed by atoms with van der Waals surface area (Å²) in [6.45, 7) is 3.23. The molecule has 1 atom stereocenters. The van der Waals surface area contributed by atoms with E-state index in [0.717, 1.165) is 31.1 Å². The highest BCUT2D eigenvalue weighted by atomic mass is 15.1. The summed E-state index contributed by atoms with van der Waals surface area (Å²) in [4.78, 5) is 8.84. The van der Waals surface area contributed by atoms with Gasteiger partial charge in [0.2, 0.25) is 5.95 Å². The molecule has 1 aliphatic heterocycles. The monoisotopic (exact) mass is 364 g/mol. The number of aromatic nitrogens is 2. The van der Waals surface area contributed by atoms with Gasteiger partial charge in [0.1, 0.15) is 5.82 Å². The van der Waals surface area contributed by atoms with E-state index in [4.69, 9.17) is 5.26 Å². The van der Waals surface area contributed by atoms with Crippen LogP contribution in [0.1, 0.15) is 44.1 Å². The molecule has 1 saturated heterocycles. The van der Waals surface area contributed by atoms with E-state index in [1.54, 1.807) is 18.3 Å². The minimum Gasteiger partial charge on any atom is -0.370 e. The Hall–Kier alpha value is -2.65. The number of nitrogens with one attached hydrogen (secondary N) is 3. The molecule has 2 aromatic rings. The SMILES string of the molecule is N#Cc1cccc(Nc2nccc(NCC3CCCCCNCCC3)n2)c1. The first-order valence-electron chi connectivity index (χ1n) is 9.88. The Bertz CT molecular complexity index is 744. The average Bonchev–Trinajstić information content (AvgIpc) is 2.71. The van der Waals surface area contributed by atoms with Crippen LogP contribution in [0.5, 0.6) is 0 Å². The van der Waals surface area contributed by atoms with Gasteiger partial charge in [0.25, 0.3) is 0 Å². The molecule has 0 spiro atoms. The topological polar surface area (TPSA) is 85.7 Å². The molecular weight excluding hydrogens is 336 g/mol. The van der Waals surface area contributed by atoms with E-state index >= 15 is 0 Å². The molecule has 3 rings (SSSR count). The highest BCUT2D eigenvalue weighted by molar-refractivity contribution is 5.57. The van der Waals surface area contributed by atoms with Crippen molar-refractivity contribution in [3.63, 3.8) is 0 Å². The summed E-state index contributed by atoms with van der Waals surface area (Å²) in [5.41, 5.74) is 1.42. The third-order valence-corrected chi connectivity index (χ3v) is 4.91. The lowest BCUT2D eigenvalue weighted by atomic mass is 9.95. The predicted octanol–water partition coefficient (Wildman–Crippen LogP) is 4.06. The molecule has 142 valence electrons. The van der Waals surface area contributed by atoms with E-state index in [2.05, 4.69) is 32.0 Å². The van der Waals surface area contributed by atoms with Gasteiger partial charge in [0.15, 0.2) is 0 Å². The Morgan fingerprint density at radius 1 is 1.11 bits per heavy atom. The van der Waals surface area contributed by atoms with Gasteiger partial charge in [0.05, 0.1) is 11.6 Å². The number of rotatable bonds is 5. The summed E-state index contributed by atoms with van der Waals surface area (Å²) in [5, 5.41) is 19.2. The van der Waals surface area contributed by atoms with E-state index < -0.39 is 0 Å². The van der Waals surface area contributed by atoms with Gasteiger partial charge in [-0.25, -0.2) is 4.98 Å². The predicted molar refractivity (Wildman–Crippen MR) is 109 cm³/mol. The van der Waals surface area contributed by atoms with E-state index in [-0.39, 0.29) is 0 Å². The first-order chi connectivity index (χ1) is 13.3. The number of nitrogens with zero attached hydrogens (tertiary/aromatic N) is 3. The minimum atomic E-state index is 0.533. The summed E-state index contributed by atoms with van der Waals surface area (Å²) in [6, 6.07) is 11.4. The molecule has 1 aliphatic rings. The molecule has 1 aromatic heterocycles. The molecule has 3 N–H and O–H groups in total. The van der Waals surface area contributed by atoms with Crippen LogP contribution in [-0.4, -0.2) is 29.6 Å². The van der Waals surface area contributed by atoms with Crippen molar-refractivity contribution in [2.45, 2.75) is 38.5 Å². The first-order valence-corrected chi connectivity index (χ1v) is 9.88. The van der Waals surface area contributed by atoms with Crippen molar-refractivity contribution in [2.24, 2.45) is 5.92 Å². The second kappa shape index (κ2) is 10.5. The van der Waals surface area contributed by atoms with Crippen molar-refractivity contribution in [2.75, 3.05) is 30.3 Å². The Morgan fingerprint density at radius 3 is 2.93 bits per heavy atom. The molecule has 0 saturated carbocycles. The summed E-state index contributed by atoms with van der Waals surface area (Å²) in [5.74, 6) is 2.05. The lowest BCUT2D eigenvalue weighted by Gasteiger charge is -2.19. The van der Waals surface area contributed by atoms with Crippen LogP contribution in [0.25, 0.3) is 0 Å². The van der Waals surface area contributed by atoms with Gasteiger partial charge < -0.3 is 16.0 Å². The van der Waals surface area contributed by atoms with Gasteiger partial charge in [-0.2, -0.15) is 10.2 Å². The molecule has 6 nitrogen and oxygen atoms in total. The number of hydrogen-bond acceptors (Lipinski definition) is 6. The minimum absolute atomic E-state index is 0.533. The van der Waals surface area contributed by atoms with Gasteiger partial charge in [-0.1, -0.05) is 18.9 Å². The fourth-order valence-electron chi connectivity index (χ4n) is 3.41. The molecule has 1 fully saturated rings. The fourth-order valence-corrected chi connectivity index (χ4v) is 3.41. The standard InChI is InChI=1S/C21H28N6/c22-15-18-7-4-9-19(14-18)26-21-24-13-10-20(27-21)25-16-17-6-2-1-3-11-23-12-5-8-17/h4,7,9-10,13-14,17,23H,1-3,5-6,8,11-12,16H2,(H2,24,25,26,27). The third-order valence-electron chi connectivity index (χ3n) is 4.91. The highest BCUT2D eigenvalue weighted by Crippen LogP contribution is 2.19. The average molecular weight is 364 g/mol. The zero-order valence-corrected chi connectivity index (χ0v) is 15.7. The molecule has 1 unspecified atom stereocenters. The molecule has 27 heavy (non-hydrogen) atoms. The zero-order chi connectivity index (χ0) is 18.7. The second-order valence-electron chi connectivity index (χ2n) is 7.07. The molecule has 6 heteroatoms. The Kier molecular flexibility index (Phi) is 7.43. The van der Waals surface area contributed by atoms with E-state index in [0.29, 0.717) is 17.4 Å². The van der Waals surface area contributed by atoms with E-state index in [9.17, 15) is 0 Å². The summed E-state index contributed by atoms with van der Waals surface area (Å²) < 4.78 is 0. The highest BCUT2D eigenvalue weighted by Gasteiger charge is 2.10. The number of anilines is 3. The van der Waals surface area contributed by atoms with Crippen molar-refractivity contribution in [3.05, 3.63) is 42.1 Å². The van der Waals surface area contributed by atoms with Gasteiger partial charge in [-0.05, 0) is 69.0 Å². The smallest absolute Gasteiger partial charge is 0.229 e. The quantitative estimate of drug-likeness (QED) is 0.742. The Balaban J connectivity index is 1.55. The maximum atomic E-state index is 9.01. The van der Waals surface area contributed by atoms with Crippen LogP contribution in [0, 0.1) is 17.2 Å². The van der Waals surface area contributed by atoms with Crippen molar-refractivity contribution >= 4 is 17.5 Å². The van der Waals surface area contributed by atoms with Crippen LogP contribution >= 0.6 is 0 Å². The van der Waals surface area contributed by atoms with Gasteiger partial charge >= 0.3 is 0 Å². The third kappa shape index (κ3) is 6.54. The van der Waals surface area contributed by atoms with Crippen molar-refractivity contribution in [1.82, 2.24) is 15.3 Å². The normalized spacial score (nSPS) is 18.3. The molecule has 0 bridgehead atoms. The lowest BCUT2D eigenvalue weighted by molar-refractivity contribution is 0.409. The van der Waals surface area contributed by atoms with Crippen LogP contribution in [0.15, 0.2) is 36.5 Å².